The van der Waals surface area contributed by atoms with Crippen molar-refractivity contribution in [3.63, 3.8) is 0 Å². The molecule has 0 saturated heterocycles. The maximum atomic E-state index is 13.2. The molecule has 0 unspecified atom stereocenters. The van der Waals surface area contributed by atoms with Gasteiger partial charge in [-0.05, 0) is 65.2 Å². The van der Waals surface area contributed by atoms with Gasteiger partial charge in [-0.15, -0.1) is 11.3 Å². The second kappa shape index (κ2) is 7.90. The predicted octanol–water partition coefficient (Wildman–Crippen LogP) is 3.29. The molecule has 3 rings (SSSR count). The SMILES string of the molecule is C[C@@H](C#N)Sc1nc2sc3c(c2c(=O)n1CCCN(C)C)CCCC3. The van der Waals surface area contributed by atoms with E-state index in [1.54, 1.807) is 15.9 Å². The fraction of sp³-hybridized carbons (Fsp3) is 0.611. The first-order chi connectivity index (χ1) is 12.0. The van der Waals surface area contributed by atoms with Crippen molar-refractivity contribution in [3.05, 3.63) is 20.8 Å². The van der Waals surface area contributed by atoms with Gasteiger partial charge in [-0.1, -0.05) is 11.8 Å². The molecule has 134 valence electrons. The van der Waals surface area contributed by atoms with Crippen molar-refractivity contribution in [1.82, 2.24) is 14.5 Å². The number of hydrogen-bond donors (Lipinski definition) is 0. The minimum absolute atomic E-state index is 0.0794. The van der Waals surface area contributed by atoms with Crippen LogP contribution in [0.4, 0.5) is 0 Å². The van der Waals surface area contributed by atoms with Crippen LogP contribution in [0.2, 0.25) is 0 Å². The molecule has 1 atom stereocenters. The highest BCUT2D eigenvalue weighted by molar-refractivity contribution is 8.00. The summed E-state index contributed by atoms with van der Waals surface area (Å²) in [5.74, 6) is 0. The summed E-state index contributed by atoms with van der Waals surface area (Å²) in [4.78, 5) is 22.4. The molecule has 0 fully saturated rings. The van der Waals surface area contributed by atoms with E-state index in [9.17, 15) is 4.79 Å². The van der Waals surface area contributed by atoms with E-state index in [0.717, 1.165) is 42.4 Å². The normalized spacial score (nSPS) is 15.3. The predicted molar refractivity (Wildman–Crippen MR) is 105 cm³/mol. The lowest BCUT2D eigenvalue weighted by atomic mass is 9.97. The summed E-state index contributed by atoms with van der Waals surface area (Å²) in [7, 11) is 4.07. The molecule has 7 heteroatoms. The summed E-state index contributed by atoms with van der Waals surface area (Å²) in [6, 6.07) is 2.23. The van der Waals surface area contributed by atoms with Crippen molar-refractivity contribution in [1.29, 1.82) is 5.26 Å². The Balaban J connectivity index is 2.07. The summed E-state index contributed by atoms with van der Waals surface area (Å²) in [6.45, 7) is 3.42. The summed E-state index contributed by atoms with van der Waals surface area (Å²) in [5, 5.41) is 10.5. The van der Waals surface area contributed by atoms with Crippen LogP contribution in [0.5, 0.6) is 0 Å². The molecule has 0 aliphatic heterocycles. The third kappa shape index (κ3) is 3.91. The number of aromatic nitrogens is 2. The first-order valence-corrected chi connectivity index (χ1v) is 10.5. The van der Waals surface area contributed by atoms with Crippen LogP contribution in [0.3, 0.4) is 0 Å². The third-order valence-corrected chi connectivity index (χ3v) is 6.66. The van der Waals surface area contributed by atoms with Crippen LogP contribution < -0.4 is 5.56 Å². The molecule has 0 spiro atoms. The number of hydrogen-bond acceptors (Lipinski definition) is 6. The Labute approximate surface area is 156 Å². The maximum absolute atomic E-state index is 13.2. The highest BCUT2D eigenvalue weighted by atomic mass is 32.2. The van der Waals surface area contributed by atoms with E-state index in [1.165, 1.54) is 28.6 Å². The minimum atomic E-state index is -0.223. The zero-order chi connectivity index (χ0) is 18.0. The van der Waals surface area contributed by atoms with Gasteiger partial charge >= 0.3 is 0 Å². The quantitative estimate of drug-likeness (QED) is 0.572. The van der Waals surface area contributed by atoms with Gasteiger partial charge in [0.1, 0.15) is 4.83 Å². The fourth-order valence-corrected chi connectivity index (χ4v) is 5.36. The molecule has 0 N–H and O–H groups in total. The van der Waals surface area contributed by atoms with Crippen LogP contribution in [-0.2, 0) is 19.4 Å². The van der Waals surface area contributed by atoms with E-state index < -0.39 is 0 Å². The second-order valence-corrected chi connectivity index (χ2v) is 9.18. The maximum Gasteiger partial charge on any atom is 0.263 e. The summed E-state index contributed by atoms with van der Waals surface area (Å²) >= 11 is 3.06. The molecule has 0 saturated carbocycles. The lowest BCUT2D eigenvalue weighted by Crippen LogP contribution is -2.26. The van der Waals surface area contributed by atoms with Crippen molar-refractivity contribution in [3.8, 4) is 6.07 Å². The van der Waals surface area contributed by atoms with E-state index in [1.807, 2.05) is 21.0 Å². The van der Waals surface area contributed by atoms with Crippen molar-refractivity contribution < 1.29 is 0 Å². The molecule has 0 bridgehead atoms. The van der Waals surface area contributed by atoms with Crippen LogP contribution >= 0.6 is 23.1 Å². The molecule has 0 aromatic carbocycles. The molecule has 2 heterocycles. The summed E-state index contributed by atoms with van der Waals surface area (Å²) in [5.41, 5.74) is 1.31. The van der Waals surface area contributed by atoms with Gasteiger partial charge in [-0.2, -0.15) is 5.26 Å². The number of nitrogens with zero attached hydrogens (tertiary/aromatic N) is 4. The Hall–Kier alpha value is -1.36. The van der Waals surface area contributed by atoms with E-state index in [4.69, 9.17) is 10.2 Å². The summed E-state index contributed by atoms with van der Waals surface area (Å²) in [6.07, 6.45) is 5.30. The highest BCUT2D eigenvalue weighted by Crippen LogP contribution is 2.35. The number of rotatable bonds is 6. The van der Waals surface area contributed by atoms with E-state index >= 15 is 0 Å². The molecule has 2 aromatic rings. The van der Waals surface area contributed by atoms with Gasteiger partial charge in [0.2, 0.25) is 0 Å². The van der Waals surface area contributed by atoms with Crippen molar-refractivity contribution in [2.45, 2.75) is 56.0 Å². The molecule has 1 aliphatic carbocycles. The topological polar surface area (TPSA) is 61.9 Å². The van der Waals surface area contributed by atoms with Crippen LogP contribution in [-0.4, -0.2) is 40.3 Å². The van der Waals surface area contributed by atoms with Gasteiger partial charge in [0.05, 0.1) is 16.7 Å². The third-order valence-electron chi connectivity index (χ3n) is 4.49. The number of fused-ring (bicyclic) bond motifs is 3. The highest BCUT2D eigenvalue weighted by Gasteiger charge is 2.22. The van der Waals surface area contributed by atoms with Gasteiger partial charge in [-0.3, -0.25) is 9.36 Å². The molecule has 0 amide bonds. The Morgan fingerprint density at radius 2 is 2.16 bits per heavy atom. The van der Waals surface area contributed by atoms with Gasteiger partial charge in [0, 0.05) is 11.4 Å². The van der Waals surface area contributed by atoms with Crippen molar-refractivity contribution in [2.24, 2.45) is 0 Å². The zero-order valence-corrected chi connectivity index (χ0v) is 16.7. The van der Waals surface area contributed by atoms with Crippen LogP contribution in [0.15, 0.2) is 9.95 Å². The lowest BCUT2D eigenvalue weighted by molar-refractivity contribution is 0.379. The Morgan fingerprint density at radius 3 is 2.88 bits per heavy atom. The van der Waals surface area contributed by atoms with Gasteiger partial charge < -0.3 is 4.90 Å². The molecule has 2 aromatic heterocycles. The van der Waals surface area contributed by atoms with Gasteiger partial charge in [0.15, 0.2) is 5.16 Å². The first-order valence-electron chi connectivity index (χ1n) is 8.77. The first kappa shape index (κ1) is 18.4. The summed E-state index contributed by atoms with van der Waals surface area (Å²) < 4.78 is 1.80. The van der Waals surface area contributed by atoms with Gasteiger partial charge in [-0.25, -0.2) is 4.98 Å². The smallest absolute Gasteiger partial charge is 0.263 e. The molecule has 5 nitrogen and oxygen atoms in total. The zero-order valence-electron chi connectivity index (χ0n) is 15.0. The number of thioether (sulfide) groups is 1. The molecule has 1 aliphatic rings. The molecule has 0 radical (unpaired) electrons. The largest absolute Gasteiger partial charge is 0.309 e. The van der Waals surface area contributed by atoms with E-state index in [-0.39, 0.29) is 10.8 Å². The average Bonchev–Trinajstić information content (AvgIpc) is 2.95. The van der Waals surface area contributed by atoms with Crippen LogP contribution in [0, 0.1) is 11.3 Å². The Bertz CT molecular complexity index is 863. The Morgan fingerprint density at radius 1 is 1.40 bits per heavy atom. The lowest BCUT2D eigenvalue weighted by Gasteiger charge is -2.15. The van der Waals surface area contributed by atoms with E-state index in [0.29, 0.717) is 11.7 Å². The van der Waals surface area contributed by atoms with Crippen molar-refractivity contribution in [2.75, 3.05) is 20.6 Å². The molecule has 25 heavy (non-hydrogen) atoms. The average molecular weight is 377 g/mol. The number of thiophene rings is 1. The Kier molecular flexibility index (Phi) is 5.82. The molecular weight excluding hydrogens is 352 g/mol. The minimum Gasteiger partial charge on any atom is -0.309 e. The standard InChI is InChI=1S/C18H24N4OS2/c1-12(11-19)24-18-20-16-15(13-7-4-5-8-14(13)25-16)17(23)22(18)10-6-9-21(2)3/h12H,4-10H2,1-3H3/t12-/m0/s1. The monoisotopic (exact) mass is 376 g/mol. The van der Waals surface area contributed by atoms with Crippen LogP contribution in [0.25, 0.3) is 10.2 Å². The second-order valence-electron chi connectivity index (χ2n) is 6.79. The van der Waals surface area contributed by atoms with E-state index in [2.05, 4.69) is 11.0 Å². The number of nitriles is 1. The fourth-order valence-electron chi connectivity index (χ4n) is 3.24. The van der Waals surface area contributed by atoms with Crippen LogP contribution in [0.1, 0.15) is 36.6 Å². The molecular formula is C18H24N4OS2. The number of aryl methyl sites for hydroxylation is 2. The van der Waals surface area contributed by atoms with Gasteiger partial charge in [0.25, 0.3) is 5.56 Å². The van der Waals surface area contributed by atoms with Crippen molar-refractivity contribution >= 4 is 33.3 Å².